The Balaban J connectivity index is 1.29. The molecule has 8 heteroatoms. The normalized spacial score (nSPS) is 18.2. The van der Waals surface area contributed by atoms with Gasteiger partial charge in [-0.2, -0.15) is 0 Å². The molecule has 168 valence electrons. The number of halogens is 1. The van der Waals surface area contributed by atoms with E-state index in [1.54, 1.807) is 30.5 Å². The number of nitrogen functional groups attached to an aromatic ring is 1. The van der Waals surface area contributed by atoms with E-state index in [4.69, 9.17) is 5.73 Å². The molecule has 33 heavy (non-hydrogen) atoms. The molecular weight excluding hydrogens is 419 g/mol. The highest BCUT2D eigenvalue weighted by Gasteiger charge is 2.25. The maximum atomic E-state index is 14.6. The average molecular weight is 445 g/mol. The van der Waals surface area contributed by atoms with Crippen molar-refractivity contribution in [3.8, 4) is 11.3 Å². The first kappa shape index (κ1) is 20.9. The van der Waals surface area contributed by atoms with Gasteiger partial charge in [-0.05, 0) is 56.0 Å². The lowest BCUT2D eigenvalue weighted by molar-refractivity contribution is 0.0926. The fraction of sp³-hybridized carbons (Fsp3) is 0.240. The van der Waals surface area contributed by atoms with Gasteiger partial charge in [-0.3, -0.25) is 4.79 Å². The Morgan fingerprint density at radius 1 is 1.09 bits per heavy atom. The number of hydrogen-bond acceptors (Lipinski definition) is 5. The highest BCUT2D eigenvalue weighted by atomic mass is 19.1. The zero-order chi connectivity index (χ0) is 22.8. The van der Waals surface area contributed by atoms with Gasteiger partial charge >= 0.3 is 0 Å². The zero-order valence-electron chi connectivity index (χ0n) is 18.0. The van der Waals surface area contributed by atoms with Crippen LogP contribution in [-0.2, 0) is 0 Å². The molecule has 1 fully saturated rings. The molecule has 0 unspecified atom stereocenters. The van der Waals surface area contributed by atoms with E-state index in [2.05, 4.69) is 25.6 Å². The number of nitrogens with two attached hydrogens (primary N) is 1. The molecule has 5 rings (SSSR count). The molecule has 0 aliphatic heterocycles. The summed E-state index contributed by atoms with van der Waals surface area (Å²) in [5.74, 6) is -0.199. The Hall–Kier alpha value is -3.94. The summed E-state index contributed by atoms with van der Waals surface area (Å²) in [5, 5.41) is 7.36. The number of hydrogen-bond donors (Lipinski definition) is 4. The molecule has 0 bridgehead atoms. The zero-order valence-corrected chi connectivity index (χ0v) is 18.0. The van der Waals surface area contributed by atoms with Gasteiger partial charge in [0.25, 0.3) is 5.91 Å². The van der Waals surface area contributed by atoms with Crippen molar-refractivity contribution in [1.29, 1.82) is 0 Å². The molecule has 0 spiro atoms. The van der Waals surface area contributed by atoms with Crippen LogP contribution in [-0.4, -0.2) is 32.9 Å². The number of anilines is 2. The molecule has 5 N–H and O–H groups in total. The summed E-state index contributed by atoms with van der Waals surface area (Å²) >= 11 is 0. The lowest BCUT2D eigenvalue weighted by atomic mass is 9.91. The molecule has 1 saturated carbocycles. The Kier molecular flexibility index (Phi) is 5.64. The van der Waals surface area contributed by atoms with Crippen LogP contribution in [0, 0.1) is 5.82 Å². The number of aromatic amines is 1. The van der Waals surface area contributed by atoms with Crippen molar-refractivity contribution in [3.05, 3.63) is 72.3 Å². The molecule has 1 aliphatic rings. The molecule has 1 aliphatic carbocycles. The molecule has 2 aromatic heterocycles. The minimum absolute atomic E-state index is 0.0369. The number of carbonyl (C=O) groups is 1. The van der Waals surface area contributed by atoms with E-state index in [0.29, 0.717) is 22.8 Å². The molecular formula is C25H25FN6O. The summed E-state index contributed by atoms with van der Waals surface area (Å²) in [6, 6.07) is 14.7. The second-order valence-corrected chi connectivity index (χ2v) is 8.44. The second-order valence-electron chi connectivity index (χ2n) is 8.44. The number of amides is 1. The minimum atomic E-state index is -0.470. The van der Waals surface area contributed by atoms with Gasteiger partial charge in [0.05, 0.1) is 6.20 Å². The van der Waals surface area contributed by atoms with Gasteiger partial charge < -0.3 is 21.4 Å². The molecule has 2 heterocycles. The quantitative estimate of drug-likeness (QED) is 0.339. The third-order valence-electron chi connectivity index (χ3n) is 6.10. The molecule has 7 nitrogen and oxygen atoms in total. The van der Waals surface area contributed by atoms with Gasteiger partial charge in [-0.1, -0.05) is 18.2 Å². The number of nitrogens with one attached hydrogen (secondary N) is 3. The van der Waals surface area contributed by atoms with Crippen molar-refractivity contribution < 1.29 is 9.18 Å². The van der Waals surface area contributed by atoms with Crippen LogP contribution in [0.2, 0.25) is 0 Å². The van der Waals surface area contributed by atoms with Crippen LogP contribution in [0.1, 0.15) is 36.0 Å². The van der Waals surface area contributed by atoms with Crippen molar-refractivity contribution >= 4 is 28.4 Å². The molecule has 4 aromatic rings. The van der Waals surface area contributed by atoms with Crippen molar-refractivity contribution in [1.82, 2.24) is 20.3 Å². The number of para-hydroxylation sites is 1. The SMILES string of the molecule is Nc1ccc(C(=O)N[C@H]2CCC[C@@H](Nc3ncc(F)c(-c4c[nH]c5ccccc45)n3)C2)cc1. The van der Waals surface area contributed by atoms with E-state index in [9.17, 15) is 9.18 Å². The Morgan fingerprint density at radius 2 is 1.88 bits per heavy atom. The van der Waals surface area contributed by atoms with Crippen molar-refractivity contribution in [2.45, 2.75) is 37.8 Å². The number of nitrogens with zero attached hydrogens (tertiary/aromatic N) is 2. The molecule has 1 amide bonds. The topological polar surface area (TPSA) is 109 Å². The monoisotopic (exact) mass is 444 g/mol. The number of fused-ring (bicyclic) bond motifs is 1. The smallest absolute Gasteiger partial charge is 0.251 e. The van der Waals surface area contributed by atoms with Crippen LogP contribution in [0.15, 0.2) is 60.9 Å². The van der Waals surface area contributed by atoms with Gasteiger partial charge in [0.2, 0.25) is 5.95 Å². The maximum Gasteiger partial charge on any atom is 0.251 e. The van der Waals surface area contributed by atoms with Crippen LogP contribution in [0.3, 0.4) is 0 Å². The van der Waals surface area contributed by atoms with Crippen molar-refractivity contribution in [2.75, 3.05) is 11.1 Å². The van der Waals surface area contributed by atoms with Crippen molar-refractivity contribution in [2.24, 2.45) is 0 Å². The van der Waals surface area contributed by atoms with Crippen LogP contribution in [0.5, 0.6) is 0 Å². The number of aromatic nitrogens is 3. The summed E-state index contributed by atoms with van der Waals surface area (Å²) in [6.45, 7) is 0. The first-order chi connectivity index (χ1) is 16.1. The third kappa shape index (κ3) is 4.50. The van der Waals surface area contributed by atoms with Gasteiger partial charge in [0.15, 0.2) is 5.82 Å². The van der Waals surface area contributed by atoms with Crippen molar-refractivity contribution in [3.63, 3.8) is 0 Å². The van der Waals surface area contributed by atoms with Crippen LogP contribution in [0.4, 0.5) is 16.0 Å². The minimum Gasteiger partial charge on any atom is -0.399 e. The molecule has 0 radical (unpaired) electrons. The number of H-pyrrole nitrogens is 1. The van der Waals surface area contributed by atoms with Gasteiger partial charge in [-0.15, -0.1) is 0 Å². The van der Waals surface area contributed by atoms with E-state index in [0.717, 1.165) is 36.6 Å². The van der Waals surface area contributed by atoms with E-state index in [1.807, 2.05) is 24.3 Å². The highest BCUT2D eigenvalue weighted by molar-refractivity contribution is 5.95. The predicted molar refractivity (Wildman–Crippen MR) is 127 cm³/mol. The second kappa shape index (κ2) is 8.90. The van der Waals surface area contributed by atoms with E-state index in [-0.39, 0.29) is 23.7 Å². The first-order valence-electron chi connectivity index (χ1n) is 11.1. The van der Waals surface area contributed by atoms with Gasteiger partial charge in [0.1, 0.15) is 5.69 Å². The van der Waals surface area contributed by atoms with Gasteiger partial charge in [-0.25, -0.2) is 14.4 Å². The third-order valence-corrected chi connectivity index (χ3v) is 6.10. The largest absolute Gasteiger partial charge is 0.399 e. The number of rotatable bonds is 5. The molecule has 0 saturated heterocycles. The molecule has 2 atom stereocenters. The average Bonchev–Trinajstić information content (AvgIpc) is 3.25. The Morgan fingerprint density at radius 3 is 2.73 bits per heavy atom. The van der Waals surface area contributed by atoms with Crippen LogP contribution >= 0.6 is 0 Å². The van der Waals surface area contributed by atoms with Gasteiger partial charge in [0, 0.05) is 46.0 Å². The first-order valence-corrected chi connectivity index (χ1v) is 11.1. The standard InChI is InChI=1S/C25H25FN6O/c26-21-14-29-25(32-23(21)20-13-28-22-7-2-1-6-19(20)22)31-18-5-3-4-17(12-18)30-24(33)15-8-10-16(27)11-9-15/h1-2,6-11,13-14,17-18,28H,3-5,12,27H2,(H,30,33)(H,29,31,32)/t17-,18+/m0/s1. The predicted octanol–water partition coefficient (Wildman–Crippen LogP) is 4.50. The van der Waals surface area contributed by atoms with E-state index < -0.39 is 5.82 Å². The van der Waals surface area contributed by atoms with Crippen LogP contribution in [0.25, 0.3) is 22.2 Å². The Bertz CT molecular complexity index is 1290. The van der Waals surface area contributed by atoms with E-state index in [1.165, 1.54) is 6.20 Å². The summed E-state index contributed by atoms with van der Waals surface area (Å²) < 4.78 is 14.6. The van der Waals surface area contributed by atoms with E-state index >= 15 is 0 Å². The summed E-state index contributed by atoms with van der Waals surface area (Å²) in [4.78, 5) is 24.4. The fourth-order valence-electron chi connectivity index (χ4n) is 4.43. The lowest BCUT2D eigenvalue weighted by Crippen LogP contribution is -2.42. The number of carbonyl (C=O) groups excluding carboxylic acids is 1. The lowest BCUT2D eigenvalue weighted by Gasteiger charge is -2.30. The summed E-state index contributed by atoms with van der Waals surface area (Å²) in [6.07, 6.45) is 6.50. The number of benzene rings is 2. The highest BCUT2D eigenvalue weighted by Crippen LogP contribution is 2.30. The molecule has 2 aromatic carbocycles. The van der Waals surface area contributed by atoms with Crippen LogP contribution < -0.4 is 16.4 Å². The summed E-state index contributed by atoms with van der Waals surface area (Å²) in [7, 11) is 0. The maximum absolute atomic E-state index is 14.6. The fourth-order valence-corrected chi connectivity index (χ4v) is 4.43. The summed E-state index contributed by atoms with van der Waals surface area (Å²) in [5.41, 5.74) is 8.80. The Labute approximate surface area is 190 Å².